The predicted molar refractivity (Wildman–Crippen MR) is 125 cm³/mol. The van der Waals surface area contributed by atoms with Crippen molar-refractivity contribution in [3.63, 3.8) is 0 Å². The maximum Gasteiger partial charge on any atom is 0.141 e. The third-order valence-corrected chi connectivity index (χ3v) is 5.62. The molecule has 3 aromatic rings. The summed E-state index contributed by atoms with van der Waals surface area (Å²) in [5, 5.41) is 3.65. The highest BCUT2D eigenvalue weighted by Crippen LogP contribution is 2.44. The second-order valence-electron chi connectivity index (χ2n) is 10.0. The Hall–Kier alpha value is -2.89. The number of nitrogens with one attached hydrogen (secondary N) is 1. The predicted octanol–water partition coefficient (Wildman–Crippen LogP) is 7.62. The van der Waals surface area contributed by atoms with Crippen LogP contribution in [0.15, 0.2) is 66.7 Å². The largest absolute Gasteiger partial charge is 0.341 e. The van der Waals surface area contributed by atoms with E-state index in [0.717, 1.165) is 22.5 Å². The zero-order valence-electron chi connectivity index (χ0n) is 18.4. The Morgan fingerprint density at radius 1 is 0.621 bits per heavy atom. The fraction of sp³-hybridized carbons (Fsp3) is 0.286. The highest BCUT2D eigenvalue weighted by molar-refractivity contribution is 5.97. The van der Waals surface area contributed by atoms with Crippen molar-refractivity contribution >= 4 is 16.9 Å². The first-order valence-electron chi connectivity index (χ1n) is 10.4. The molecule has 0 saturated heterocycles. The van der Waals surface area contributed by atoms with Crippen LogP contribution in [0.5, 0.6) is 0 Å². The third kappa shape index (κ3) is 3.84. The summed E-state index contributed by atoms with van der Waals surface area (Å²) in [5.74, 6) is 0. The first kappa shape index (κ1) is 19.4. The molecule has 1 heteroatoms. The van der Waals surface area contributed by atoms with E-state index in [1.807, 2.05) is 0 Å². The second kappa shape index (κ2) is 6.87. The minimum atomic E-state index is 0.0976. The van der Waals surface area contributed by atoms with Crippen LogP contribution in [0.4, 0.5) is 11.4 Å². The van der Waals surface area contributed by atoms with Crippen LogP contribution >= 0.6 is 0 Å². The molecule has 1 aliphatic rings. The van der Waals surface area contributed by atoms with Gasteiger partial charge in [-0.2, -0.15) is 0 Å². The Morgan fingerprint density at radius 2 is 1.10 bits per heavy atom. The number of rotatable bonds is 1. The summed E-state index contributed by atoms with van der Waals surface area (Å²) in [6, 6.07) is 24.0. The van der Waals surface area contributed by atoms with Crippen LogP contribution in [-0.4, -0.2) is 0 Å². The summed E-state index contributed by atoms with van der Waals surface area (Å²) < 4.78 is 0. The summed E-state index contributed by atoms with van der Waals surface area (Å²) in [6.45, 7) is 13.6. The van der Waals surface area contributed by atoms with E-state index >= 15 is 0 Å². The molecular formula is C28H30N+. The van der Waals surface area contributed by atoms with Crippen molar-refractivity contribution in [3.8, 4) is 0 Å². The van der Waals surface area contributed by atoms with E-state index in [9.17, 15) is 0 Å². The van der Waals surface area contributed by atoms with Crippen molar-refractivity contribution in [2.24, 2.45) is 0 Å². The van der Waals surface area contributed by atoms with Gasteiger partial charge in [-0.3, -0.25) is 0 Å². The molecule has 146 valence electrons. The van der Waals surface area contributed by atoms with Crippen LogP contribution in [0, 0.1) is 6.08 Å². The van der Waals surface area contributed by atoms with Gasteiger partial charge in [0.25, 0.3) is 0 Å². The van der Waals surface area contributed by atoms with Gasteiger partial charge in [-0.25, -0.2) is 0 Å². The molecule has 1 nitrogen and oxygen atoms in total. The van der Waals surface area contributed by atoms with Crippen molar-refractivity contribution in [2.75, 3.05) is 5.32 Å². The van der Waals surface area contributed by atoms with Crippen LogP contribution in [0.25, 0.3) is 5.57 Å². The fourth-order valence-electron chi connectivity index (χ4n) is 3.74. The van der Waals surface area contributed by atoms with Crippen molar-refractivity contribution in [3.05, 3.63) is 101 Å². The SMILES string of the molecule is CC(C)(C)c1ccc2c(c1)C(=[C+]c1ccccc1)c1cc(C(C)(C)C)ccc1N2. The van der Waals surface area contributed by atoms with Crippen molar-refractivity contribution in [2.45, 2.75) is 52.4 Å². The zero-order valence-corrected chi connectivity index (χ0v) is 18.4. The molecular weight excluding hydrogens is 350 g/mol. The molecule has 0 fully saturated rings. The summed E-state index contributed by atoms with van der Waals surface area (Å²) >= 11 is 0. The topological polar surface area (TPSA) is 12.0 Å². The normalized spacial score (nSPS) is 13.2. The Kier molecular flexibility index (Phi) is 4.60. The lowest BCUT2D eigenvalue weighted by Gasteiger charge is -2.26. The molecule has 1 N–H and O–H groups in total. The minimum absolute atomic E-state index is 0.0976. The van der Waals surface area contributed by atoms with Gasteiger partial charge in [0.2, 0.25) is 0 Å². The molecule has 0 spiro atoms. The van der Waals surface area contributed by atoms with E-state index in [4.69, 9.17) is 0 Å². The van der Waals surface area contributed by atoms with Gasteiger partial charge >= 0.3 is 0 Å². The molecule has 0 unspecified atom stereocenters. The first-order valence-corrected chi connectivity index (χ1v) is 10.4. The van der Waals surface area contributed by atoms with Crippen molar-refractivity contribution in [1.82, 2.24) is 0 Å². The van der Waals surface area contributed by atoms with Crippen LogP contribution < -0.4 is 5.32 Å². The van der Waals surface area contributed by atoms with E-state index in [-0.39, 0.29) is 10.8 Å². The summed E-state index contributed by atoms with van der Waals surface area (Å²) in [4.78, 5) is 0. The van der Waals surface area contributed by atoms with Gasteiger partial charge in [-0.1, -0.05) is 53.7 Å². The number of hydrogen-bond donors (Lipinski definition) is 1. The number of fused-ring (bicyclic) bond motifs is 2. The monoisotopic (exact) mass is 380 g/mol. The lowest BCUT2D eigenvalue weighted by molar-refractivity contribution is 0.590. The van der Waals surface area contributed by atoms with E-state index < -0.39 is 0 Å². The van der Waals surface area contributed by atoms with Crippen LogP contribution in [0.1, 0.15) is 69.4 Å². The standard InChI is InChI=1S/C28H30N/c1-27(2,3)20-12-14-25-23(17-20)22(16-19-10-8-7-9-11-19)24-18-21(28(4,5)6)13-15-26(24)29-25/h7-15,17-18,29H,1-6H3/q+1. The summed E-state index contributed by atoms with van der Waals surface area (Å²) in [6.07, 6.45) is 3.73. The number of benzene rings is 3. The lowest BCUT2D eigenvalue weighted by atomic mass is 9.80. The Bertz CT molecular complexity index is 1010. The third-order valence-electron chi connectivity index (χ3n) is 5.62. The molecule has 0 aromatic heterocycles. The molecule has 0 radical (unpaired) electrons. The zero-order chi connectivity index (χ0) is 20.8. The van der Waals surface area contributed by atoms with Gasteiger partial charge in [0, 0.05) is 18.2 Å². The average Bonchev–Trinajstić information content (AvgIpc) is 2.66. The first-order chi connectivity index (χ1) is 13.6. The Labute approximate surface area is 175 Å². The maximum atomic E-state index is 3.73. The molecule has 3 aromatic carbocycles. The van der Waals surface area contributed by atoms with Crippen LogP contribution in [0.3, 0.4) is 0 Å². The fourth-order valence-corrected chi connectivity index (χ4v) is 3.74. The number of hydrogen-bond acceptors (Lipinski definition) is 1. The van der Waals surface area contributed by atoms with Gasteiger partial charge < -0.3 is 5.32 Å². The van der Waals surface area contributed by atoms with E-state index in [0.29, 0.717) is 0 Å². The van der Waals surface area contributed by atoms with Gasteiger partial charge in [0.1, 0.15) is 11.1 Å². The molecule has 0 bridgehead atoms. The van der Waals surface area contributed by atoms with Gasteiger partial charge in [-0.15, -0.1) is 0 Å². The van der Waals surface area contributed by atoms with Crippen LogP contribution in [0.2, 0.25) is 0 Å². The minimum Gasteiger partial charge on any atom is -0.341 e. The smallest absolute Gasteiger partial charge is 0.141 e. The molecule has 0 amide bonds. The second-order valence-corrected chi connectivity index (χ2v) is 10.0. The number of anilines is 2. The quantitative estimate of drug-likeness (QED) is 0.335. The van der Waals surface area contributed by atoms with Crippen molar-refractivity contribution < 1.29 is 0 Å². The Balaban J connectivity index is 1.97. The average molecular weight is 381 g/mol. The molecule has 0 saturated carbocycles. The molecule has 1 heterocycles. The van der Waals surface area contributed by atoms with E-state index in [1.54, 1.807) is 0 Å². The van der Waals surface area contributed by atoms with E-state index in [1.165, 1.54) is 22.3 Å². The molecule has 4 rings (SSSR count). The highest BCUT2D eigenvalue weighted by Gasteiger charge is 2.30. The Morgan fingerprint density at radius 3 is 1.55 bits per heavy atom. The van der Waals surface area contributed by atoms with E-state index in [2.05, 4.69) is 120 Å². The van der Waals surface area contributed by atoms with Gasteiger partial charge in [0.05, 0.1) is 22.5 Å². The maximum absolute atomic E-state index is 3.73. The molecule has 0 aliphatic carbocycles. The van der Waals surface area contributed by atoms with Crippen molar-refractivity contribution in [1.29, 1.82) is 0 Å². The van der Waals surface area contributed by atoms with Gasteiger partial charge in [0.15, 0.2) is 0 Å². The lowest BCUT2D eigenvalue weighted by Crippen LogP contribution is -2.15. The molecule has 0 atom stereocenters. The van der Waals surface area contributed by atoms with Gasteiger partial charge in [-0.05, 0) is 64.4 Å². The van der Waals surface area contributed by atoms with Crippen LogP contribution in [-0.2, 0) is 10.8 Å². The molecule has 1 aliphatic heterocycles. The molecule has 29 heavy (non-hydrogen) atoms. The summed E-state index contributed by atoms with van der Waals surface area (Å²) in [5.41, 5.74) is 9.86. The summed E-state index contributed by atoms with van der Waals surface area (Å²) in [7, 11) is 0. The highest BCUT2D eigenvalue weighted by atomic mass is 14.9.